The molecule has 0 radical (unpaired) electrons. The van der Waals surface area contributed by atoms with Crippen LogP contribution in [-0.4, -0.2) is 17.1 Å². The molecule has 0 amide bonds. The van der Waals surface area contributed by atoms with Gasteiger partial charge >= 0.3 is 0 Å². The molecular weight excluding hydrogens is 246 g/mol. The van der Waals surface area contributed by atoms with Crippen LogP contribution in [0.5, 0.6) is 5.75 Å². The van der Waals surface area contributed by atoms with Crippen LogP contribution in [-0.2, 0) is 0 Å². The molecule has 0 bridgehead atoms. The molecule has 2 N–H and O–H groups in total. The fraction of sp³-hybridized carbons (Fsp3) is 0.0769. The van der Waals surface area contributed by atoms with Crippen molar-refractivity contribution in [2.24, 2.45) is 0 Å². The van der Waals surface area contributed by atoms with Crippen LogP contribution in [0.4, 0.5) is 5.82 Å². The molecule has 3 aromatic rings. The van der Waals surface area contributed by atoms with Gasteiger partial charge in [0.25, 0.3) is 0 Å². The second-order valence-electron chi connectivity index (χ2n) is 3.82. The average Bonchev–Trinajstić information content (AvgIpc) is 2.91. The number of pyridine rings is 1. The van der Waals surface area contributed by atoms with Gasteiger partial charge in [0.2, 0.25) is 0 Å². The monoisotopic (exact) mass is 257 g/mol. The molecule has 2 aromatic heterocycles. The van der Waals surface area contributed by atoms with Crippen molar-refractivity contribution in [2.75, 3.05) is 12.8 Å². The van der Waals surface area contributed by atoms with Crippen molar-refractivity contribution in [3.63, 3.8) is 0 Å². The molecule has 0 spiro atoms. The summed E-state index contributed by atoms with van der Waals surface area (Å²) in [6.45, 7) is 0. The molecule has 90 valence electrons. The molecule has 0 unspecified atom stereocenters. The summed E-state index contributed by atoms with van der Waals surface area (Å²) < 4.78 is 5.22. The van der Waals surface area contributed by atoms with Gasteiger partial charge < -0.3 is 10.5 Å². The quantitative estimate of drug-likeness (QED) is 0.766. The molecule has 0 atom stereocenters. The number of hydrogen-bond acceptors (Lipinski definition) is 5. The van der Waals surface area contributed by atoms with Crippen LogP contribution < -0.4 is 10.5 Å². The Bertz CT molecular complexity index is 695. The van der Waals surface area contributed by atoms with Crippen molar-refractivity contribution in [3.05, 3.63) is 35.8 Å². The number of anilines is 1. The first-order chi connectivity index (χ1) is 8.78. The van der Waals surface area contributed by atoms with Gasteiger partial charge in [0, 0.05) is 17.0 Å². The standard InChI is InChI=1S/C13H11N3OS/c1-17-9-2-3-10-8(6-9)7-11(16-12(10)14)13-15-4-5-18-13/h2-7H,1H3,(H2,14,16). The number of methoxy groups -OCH3 is 1. The Labute approximate surface area is 108 Å². The van der Waals surface area contributed by atoms with E-state index in [9.17, 15) is 0 Å². The number of ether oxygens (including phenoxy) is 1. The fourth-order valence-corrected chi connectivity index (χ4v) is 2.45. The first-order valence-electron chi connectivity index (χ1n) is 5.42. The second kappa shape index (κ2) is 4.27. The van der Waals surface area contributed by atoms with Crippen LogP contribution in [0.1, 0.15) is 0 Å². The van der Waals surface area contributed by atoms with Crippen LogP contribution in [0.2, 0.25) is 0 Å². The minimum Gasteiger partial charge on any atom is -0.497 e. The Kier molecular flexibility index (Phi) is 2.60. The molecule has 1 aromatic carbocycles. The normalized spacial score (nSPS) is 10.7. The molecule has 18 heavy (non-hydrogen) atoms. The molecule has 0 fully saturated rings. The summed E-state index contributed by atoms with van der Waals surface area (Å²) in [4.78, 5) is 8.63. The molecule has 0 aliphatic carbocycles. The average molecular weight is 257 g/mol. The summed E-state index contributed by atoms with van der Waals surface area (Å²) in [6, 6.07) is 7.73. The summed E-state index contributed by atoms with van der Waals surface area (Å²) >= 11 is 1.54. The molecule has 0 aliphatic heterocycles. The van der Waals surface area contributed by atoms with Gasteiger partial charge in [-0.3, -0.25) is 0 Å². The largest absolute Gasteiger partial charge is 0.497 e. The summed E-state index contributed by atoms with van der Waals surface area (Å²) in [5, 5.41) is 4.72. The van der Waals surface area contributed by atoms with Gasteiger partial charge in [0.15, 0.2) is 0 Å². The van der Waals surface area contributed by atoms with Crippen molar-refractivity contribution in [1.29, 1.82) is 0 Å². The maximum Gasteiger partial charge on any atom is 0.141 e. The van der Waals surface area contributed by atoms with Crippen LogP contribution in [0.3, 0.4) is 0 Å². The number of thiazole rings is 1. The van der Waals surface area contributed by atoms with E-state index < -0.39 is 0 Å². The van der Waals surface area contributed by atoms with Gasteiger partial charge in [-0.2, -0.15) is 0 Å². The molecular formula is C13H11N3OS. The SMILES string of the molecule is COc1ccc2c(N)nc(-c3nccs3)cc2c1. The zero-order chi connectivity index (χ0) is 12.5. The minimum atomic E-state index is 0.514. The number of rotatable bonds is 2. The third kappa shape index (κ3) is 1.78. The summed E-state index contributed by atoms with van der Waals surface area (Å²) in [6.07, 6.45) is 1.76. The summed E-state index contributed by atoms with van der Waals surface area (Å²) in [5.41, 5.74) is 6.77. The smallest absolute Gasteiger partial charge is 0.141 e. The van der Waals surface area contributed by atoms with Gasteiger partial charge in [-0.05, 0) is 29.7 Å². The Balaban J connectivity index is 2.24. The van der Waals surface area contributed by atoms with E-state index in [4.69, 9.17) is 10.5 Å². The molecule has 0 aliphatic rings. The Morgan fingerprint density at radius 3 is 2.89 bits per heavy atom. The molecule has 5 heteroatoms. The fourth-order valence-electron chi connectivity index (χ4n) is 1.85. The molecule has 0 saturated heterocycles. The van der Waals surface area contributed by atoms with Crippen LogP contribution in [0.25, 0.3) is 21.5 Å². The Morgan fingerprint density at radius 2 is 2.17 bits per heavy atom. The first kappa shape index (κ1) is 11.0. The zero-order valence-electron chi connectivity index (χ0n) is 9.75. The topological polar surface area (TPSA) is 61.0 Å². The predicted octanol–water partition coefficient (Wildman–Crippen LogP) is 2.95. The Hall–Kier alpha value is -2.14. The lowest BCUT2D eigenvalue weighted by Gasteiger charge is -2.06. The van der Waals surface area contributed by atoms with Gasteiger partial charge in [-0.1, -0.05) is 0 Å². The zero-order valence-corrected chi connectivity index (χ0v) is 10.6. The van der Waals surface area contributed by atoms with Crippen LogP contribution in [0, 0.1) is 0 Å². The lowest BCUT2D eigenvalue weighted by molar-refractivity contribution is 0.415. The third-order valence-corrected chi connectivity index (χ3v) is 3.51. The minimum absolute atomic E-state index is 0.514. The number of nitrogens with zero attached hydrogens (tertiary/aromatic N) is 2. The van der Waals surface area contributed by atoms with Crippen molar-refractivity contribution < 1.29 is 4.74 Å². The van der Waals surface area contributed by atoms with E-state index in [-0.39, 0.29) is 0 Å². The number of benzene rings is 1. The maximum atomic E-state index is 5.98. The van der Waals surface area contributed by atoms with Crippen LogP contribution in [0.15, 0.2) is 35.8 Å². The number of hydrogen-bond donors (Lipinski definition) is 1. The number of nitrogen functional groups attached to an aromatic ring is 1. The van der Waals surface area contributed by atoms with Gasteiger partial charge in [0.05, 0.1) is 7.11 Å². The van der Waals surface area contributed by atoms with Crippen molar-refractivity contribution >= 4 is 27.9 Å². The van der Waals surface area contributed by atoms with E-state index in [0.717, 1.165) is 27.2 Å². The lowest BCUT2D eigenvalue weighted by atomic mass is 10.1. The summed E-state index contributed by atoms with van der Waals surface area (Å²) in [7, 11) is 1.65. The maximum absolute atomic E-state index is 5.98. The Morgan fingerprint density at radius 1 is 1.28 bits per heavy atom. The highest BCUT2D eigenvalue weighted by Crippen LogP contribution is 2.29. The highest BCUT2D eigenvalue weighted by molar-refractivity contribution is 7.13. The number of fused-ring (bicyclic) bond motifs is 1. The van der Waals surface area contributed by atoms with E-state index >= 15 is 0 Å². The van der Waals surface area contributed by atoms with E-state index in [1.807, 2.05) is 29.6 Å². The number of nitrogens with two attached hydrogens (primary N) is 1. The number of aromatic nitrogens is 2. The van der Waals surface area contributed by atoms with E-state index in [0.29, 0.717) is 5.82 Å². The molecule has 0 saturated carbocycles. The van der Waals surface area contributed by atoms with Crippen LogP contribution >= 0.6 is 11.3 Å². The first-order valence-corrected chi connectivity index (χ1v) is 6.30. The van der Waals surface area contributed by atoms with Gasteiger partial charge in [0.1, 0.15) is 22.3 Å². The van der Waals surface area contributed by atoms with E-state index in [2.05, 4.69) is 9.97 Å². The van der Waals surface area contributed by atoms with Crippen molar-refractivity contribution in [2.45, 2.75) is 0 Å². The van der Waals surface area contributed by atoms with Crippen molar-refractivity contribution in [3.8, 4) is 16.5 Å². The van der Waals surface area contributed by atoms with Gasteiger partial charge in [-0.25, -0.2) is 9.97 Å². The predicted molar refractivity (Wildman–Crippen MR) is 73.8 cm³/mol. The summed E-state index contributed by atoms with van der Waals surface area (Å²) in [5.74, 6) is 1.32. The lowest BCUT2D eigenvalue weighted by Crippen LogP contribution is -1.94. The highest BCUT2D eigenvalue weighted by atomic mass is 32.1. The second-order valence-corrected chi connectivity index (χ2v) is 4.71. The third-order valence-electron chi connectivity index (χ3n) is 2.72. The van der Waals surface area contributed by atoms with E-state index in [1.54, 1.807) is 24.6 Å². The van der Waals surface area contributed by atoms with Crippen molar-refractivity contribution in [1.82, 2.24) is 9.97 Å². The molecule has 4 nitrogen and oxygen atoms in total. The molecule has 2 heterocycles. The van der Waals surface area contributed by atoms with E-state index in [1.165, 1.54) is 0 Å². The molecule has 3 rings (SSSR count). The van der Waals surface area contributed by atoms with Gasteiger partial charge in [-0.15, -0.1) is 11.3 Å². The highest BCUT2D eigenvalue weighted by Gasteiger charge is 2.08.